The maximum atomic E-state index is 10.9. The number of carbonyl (C=O) groups excluding carboxylic acids is 1. The molecule has 10 heavy (non-hydrogen) atoms. The lowest BCUT2D eigenvalue weighted by atomic mass is 10.0. The Hall–Kier alpha value is -0.573. The maximum Gasteiger partial charge on any atom is 0.319 e. The first-order chi connectivity index (χ1) is 4.84. The summed E-state index contributed by atoms with van der Waals surface area (Å²) in [6, 6.07) is 0. The van der Waals surface area contributed by atoms with Gasteiger partial charge < -0.3 is 4.43 Å². The number of allylic oxidation sites excluding steroid dienone is 1. The topological polar surface area (TPSA) is 26.3 Å². The van der Waals surface area contributed by atoms with Gasteiger partial charge in [-0.05, 0) is 25.7 Å². The first-order valence-corrected chi connectivity index (χ1v) is 4.43. The molecule has 0 bridgehead atoms. The van der Waals surface area contributed by atoms with Crippen LogP contribution < -0.4 is 0 Å². The van der Waals surface area contributed by atoms with Gasteiger partial charge in [0, 0.05) is 5.57 Å². The van der Waals surface area contributed by atoms with Crippen molar-refractivity contribution in [2.75, 3.05) is 0 Å². The van der Waals surface area contributed by atoms with Crippen molar-refractivity contribution < 1.29 is 9.22 Å². The van der Waals surface area contributed by atoms with Crippen molar-refractivity contribution in [2.24, 2.45) is 0 Å². The predicted octanol–water partition coefficient (Wildman–Crippen LogP) is 0.310. The third-order valence-corrected chi connectivity index (χ3v) is 2.11. The van der Waals surface area contributed by atoms with E-state index in [1.54, 1.807) is 0 Å². The third kappa shape index (κ3) is 1.70. The van der Waals surface area contributed by atoms with E-state index in [1.807, 2.05) is 6.08 Å². The van der Waals surface area contributed by atoms with Crippen molar-refractivity contribution in [3.63, 3.8) is 0 Å². The summed E-state index contributed by atoms with van der Waals surface area (Å²) in [6.45, 7) is 0. The molecule has 0 radical (unpaired) electrons. The molecule has 0 N–H and O–H groups in total. The van der Waals surface area contributed by atoms with E-state index in [0.29, 0.717) is 10.5 Å². The summed E-state index contributed by atoms with van der Waals surface area (Å²) >= 11 is 0. The fourth-order valence-electron chi connectivity index (χ4n) is 1.15. The van der Waals surface area contributed by atoms with Gasteiger partial charge in [-0.15, -0.1) is 0 Å². The average molecular weight is 156 g/mol. The molecular formula is C7H12O2Si. The quantitative estimate of drug-likeness (QED) is 0.511. The van der Waals surface area contributed by atoms with Crippen molar-refractivity contribution >= 4 is 16.5 Å². The zero-order valence-corrected chi connectivity index (χ0v) is 8.22. The van der Waals surface area contributed by atoms with Crippen LogP contribution in [0.1, 0.15) is 25.7 Å². The standard InChI is InChI=1S/C7H12O2Si/c8-7(9-10)6-4-2-1-3-5-6/h4H,1-3,5H2,10H3. The summed E-state index contributed by atoms with van der Waals surface area (Å²) < 4.78 is 4.72. The molecule has 2 nitrogen and oxygen atoms in total. The molecule has 0 aromatic carbocycles. The van der Waals surface area contributed by atoms with E-state index in [4.69, 9.17) is 4.43 Å². The number of carbonyl (C=O) groups is 1. The van der Waals surface area contributed by atoms with Crippen molar-refractivity contribution in [2.45, 2.75) is 25.7 Å². The van der Waals surface area contributed by atoms with Crippen LogP contribution in [-0.4, -0.2) is 16.5 Å². The Labute approximate surface area is 63.8 Å². The Bertz CT molecular complexity index is 163. The number of hydrogen-bond acceptors (Lipinski definition) is 2. The zero-order valence-electron chi connectivity index (χ0n) is 6.22. The highest BCUT2D eigenvalue weighted by molar-refractivity contribution is 6.09. The molecule has 56 valence electrons. The monoisotopic (exact) mass is 156 g/mol. The van der Waals surface area contributed by atoms with Crippen LogP contribution in [0.25, 0.3) is 0 Å². The van der Waals surface area contributed by atoms with Crippen molar-refractivity contribution in [1.82, 2.24) is 0 Å². The SMILES string of the molecule is O=C(O[SiH3])C1=CCCCC1. The molecule has 3 heteroatoms. The first-order valence-electron chi connectivity index (χ1n) is 3.62. The van der Waals surface area contributed by atoms with Gasteiger partial charge in [-0.25, -0.2) is 4.79 Å². The van der Waals surface area contributed by atoms with E-state index in [2.05, 4.69) is 0 Å². The van der Waals surface area contributed by atoms with Gasteiger partial charge in [-0.2, -0.15) is 0 Å². The molecule has 1 rings (SSSR count). The molecule has 0 aromatic rings. The third-order valence-electron chi connectivity index (χ3n) is 1.74. The van der Waals surface area contributed by atoms with Gasteiger partial charge >= 0.3 is 5.97 Å². The minimum absolute atomic E-state index is 0.0913. The van der Waals surface area contributed by atoms with Gasteiger partial charge in [0.1, 0.15) is 0 Å². The van der Waals surface area contributed by atoms with Crippen LogP contribution in [0, 0.1) is 0 Å². The number of rotatable bonds is 1. The Morgan fingerprint density at radius 3 is 2.90 bits per heavy atom. The largest absolute Gasteiger partial charge is 0.526 e. The molecule has 0 amide bonds. The van der Waals surface area contributed by atoms with Crippen LogP contribution in [0.4, 0.5) is 0 Å². The fraction of sp³-hybridized carbons (Fsp3) is 0.571. The van der Waals surface area contributed by atoms with Crippen molar-refractivity contribution in [1.29, 1.82) is 0 Å². The fourth-order valence-corrected chi connectivity index (χ4v) is 1.42. The summed E-state index contributed by atoms with van der Waals surface area (Å²) in [5.74, 6) is -0.0913. The molecule has 0 saturated carbocycles. The molecular weight excluding hydrogens is 144 g/mol. The first kappa shape index (κ1) is 7.53. The van der Waals surface area contributed by atoms with Gasteiger partial charge in [-0.1, -0.05) is 6.08 Å². The maximum absolute atomic E-state index is 10.9. The van der Waals surface area contributed by atoms with E-state index in [9.17, 15) is 4.79 Å². The second kappa shape index (κ2) is 3.56. The highest BCUT2D eigenvalue weighted by atomic mass is 28.2. The summed E-state index contributed by atoms with van der Waals surface area (Å²) in [7, 11) is 0.516. The van der Waals surface area contributed by atoms with E-state index >= 15 is 0 Å². The Morgan fingerprint density at radius 1 is 1.60 bits per heavy atom. The van der Waals surface area contributed by atoms with Crippen LogP contribution >= 0.6 is 0 Å². The van der Waals surface area contributed by atoms with Crippen molar-refractivity contribution in [3.05, 3.63) is 11.6 Å². The van der Waals surface area contributed by atoms with Gasteiger partial charge in [0.25, 0.3) is 0 Å². The van der Waals surface area contributed by atoms with Gasteiger partial charge in [0.05, 0.1) is 0 Å². The van der Waals surface area contributed by atoms with Crippen LogP contribution in [0.5, 0.6) is 0 Å². The predicted molar refractivity (Wildman–Crippen MR) is 42.6 cm³/mol. The molecule has 1 aliphatic carbocycles. The van der Waals surface area contributed by atoms with E-state index in [-0.39, 0.29) is 5.97 Å². The minimum Gasteiger partial charge on any atom is -0.526 e. The summed E-state index contributed by atoms with van der Waals surface area (Å²) in [5, 5.41) is 0. The normalized spacial score (nSPS) is 18.2. The lowest BCUT2D eigenvalue weighted by molar-refractivity contribution is -0.130. The van der Waals surface area contributed by atoms with Gasteiger partial charge in [-0.3, -0.25) is 0 Å². The van der Waals surface area contributed by atoms with E-state index in [0.717, 1.165) is 24.8 Å². The lowest BCUT2D eigenvalue weighted by Crippen LogP contribution is -2.07. The van der Waals surface area contributed by atoms with E-state index in [1.165, 1.54) is 6.42 Å². The molecule has 0 unspecified atom stereocenters. The van der Waals surface area contributed by atoms with Gasteiger partial charge in [0.2, 0.25) is 10.5 Å². The molecule has 0 aliphatic heterocycles. The second-order valence-corrected chi connectivity index (χ2v) is 2.87. The molecule has 0 heterocycles. The van der Waals surface area contributed by atoms with E-state index < -0.39 is 0 Å². The van der Waals surface area contributed by atoms with Crippen LogP contribution in [0.3, 0.4) is 0 Å². The molecule has 0 aromatic heterocycles. The van der Waals surface area contributed by atoms with Crippen LogP contribution in [0.2, 0.25) is 0 Å². The second-order valence-electron chi connectivity index (χ2n) is 2.47. The molecule has 0 fully saturated rings. The van der Waals surface area contributed by atoms with Crippen LogP contribution in [-0.2, 0) is 9.22 Å². The Kier molecular flexibility index (Phi) is 2.68. The Morgan fingerprint density at radius 2 is 2.40 bits per heavy atom. The minimum atomic E-state index is -0.0913. The molecule has 0 spiro atoms. The van der Waals surface area contributed by atoms with Crippen LogP contribution in [0.15, 0.2) is 11.6 Å². The summed E-state index contributed by atoms with van der Waals surface area (Å²) in [5.41, 5.74) is 0.890. The highest BCUT2D eigenvalue weighted by Crippen LogP contribution is 2.17. The molecule has 0 saturated heterocycles. The number of hydrogen-bond donors (Lipinski definition) is 0. The average Bonchev–Trinajstić information content (AvgIpc) is 2.05. The summed E-state index contributed by atoms with van der Waals surface area (Å²) in [4.78, 5) is 10.9. The van der Waals surface area contributed by atoms with Crippen molar-refractivity contribution in [3.8, 4) is 0 Å². The lowest BCUT2D eigenvalue weighted by Gasteiger charge is -2.09. The molecule has 1 aliphatic rings. The summed E-state index contributed by atoms with van der Waals surface area (Å²) in [6.07, 6.45) is 6.33. The van der Waals surface area contributed by atoms with Gasteiger partial charge in [0.15, 0.2) is 0 Å². The smallest absolute Gasteiger partial charge is 0.319 e. The molecule has 0 atom stereocenters. The Balaban J connectivity index is 2.53. The highest BCUT2D eigenvalue weighted by Gasteiger charge is 2.10. The zero-order chi connectivity index (χ0) is 7.40.